The highest BCUT2D eigenvalue weighted by Gasteiger charge is 2.26. The lowest BCUT2D eigenvalue weighted by atomic mass is 10.2. The van der Waals surface area contributed by atoms with E-state index < -0.39 is 17.4 Å². The van der Waals surface area contributed by atoms with Gasteiger partial charge in [0.25, 0.3) is 5.91 Å². The molecule has 2 heterocycles. The molecule has 3 aromatic rings. The predicted octanol–water partition coefficient (Wildman–Crippen LogP) is 5.69. The molecule has 0 fully saturated rings. The number of aryl methyl sites for hydroxylation is 1. The number of fused-ring (bicyclic) bond motifs is 1. The van der Waals surface area contributed by atoms with Crippen molar-refractivity contribution in [2.24, 2.45) is 0 Å². The first-order valence-corrected chi connectivity index (χ1v) is 10.8. The van der Waals surface area contributed by atoms with Gasteiger partial charge in [-0.3, -0.25) is 9.20 Å². The predicted molar refractivity (Wildman–Crippen MR) is 124 cm³/mol. The van der Waals surface area contributed by atoms with Gasteiger partial charge in [0.1, 0.15) is 11.4 Å². The van der Waals surface area contributed by atoms with Gasteiger partial charge in [-0.25, -0.2) is 14.2 Å². The number of benzene rings is 1. The Morgan fingerprint density at radius 3 is 2.47 bits per heavy atom. The number of nitrogens with zero attached hydrogens (tertiary/aromatic N) is 3. The standard InChI is InChI=1S/C22H23ClFN3O3.C2H6/c1-13-18(21(29)30-22(2,3)4)27-10-6-7-15(19(27)25-13)20(28)26(5)12-14-8-9-17(24)16(23)11-14;1-2/h6-11H,12H2,1-5H3;1-2H3. The summed E-state index contributed by atoms with van der Waals surface area (Å²) in [7, 11) is 1.63. The maximum atomic E-state index is 13.4. The van der Waals surface area contributed by atoms with E-state index in [-0.39, 0.29) is 23.2 Å². The second-order valence-electron chi connectivity index (χ2n) is 8.07. The van der Waals surface area contributed by atoms with Crippen molar-refractivity contribution < 1.29 is 18.7 Å². The average molecular weight is 462 g/mol. The van der Waals surface area contributed by atoms with Gasteiger partial charge in [0.15, 0.2) is 11.3 Å². The molecule has 3 rings (SSSR count). The van der Waals surface area contributed by atoms with E-state index in [1.165, 1.54) is 17.0 Å². The van der Waals surface area contributed by atoms with E-state index in [1.54, 1.807) is 63.5 Å². The number of pyridine rings is 1. The van der Waals surface area contributed by atoms with E-state index in [4.69, 9.17) is 16.3 Å². The summed E-state index contributed by atoms with van der Waals surface area (Å²) in [6.45, 7) is 11.3. The SMILES string of the molecule is CC.Cc1nc2c(C(=O)N(C)Cc3ccc(F)c(Cl)c3)cccn2c1C(=O)OC(C)(C)C. The Morgan fingerprint density at radius 2 is 1.88 bits per heavy atom. The van der Waals surface area contributed by atoms with Crippen LogP contribution in [0.25, 0.3) is 5.65 Å². The first-order chi connectivity index (χ1) is 15.0. The third kappa shape index (κ3) is 5.65. The molecule has 0 N–H and O–H groups in total. The van der Waals surface area contributed by atoms with E-state index >= 15 is 0 Å². The number of hydrogen-bond acceptors (Lipinski definition) is 4. The Hall–Kier alpha value is -2.93. The third-order valence-corrected chi connectivity index (χ3v) is 4.69. The largest absolute Gasteiger partial charge is 0.455 e. The minimum Gasteiger partial charge on any atom is -0.455 e. The van der Waals surface area contributed by atoms with Gasteiger partial charge in [-0.1, -0.05) is 31.5 Å². The molecule has 0 saturated heterocycles. The topological polar surface area (TPSA) is 63.9 Å². The van der Waals surface area contributed by atoms with Gasteiger partial charge in [-0.05, 0) is 57.5 Å². The first-order valence-electron chi connectivity index (χ1n) is 10.4. The molecular formula is C24H29ClFN3O3. The van der Waals surface area contributed by atoms with Crippen LogP contribution >= 0.6 is 11.6 Å². The van der Waals surface area contributed by atoms with Gasteiger partial charge >= 0.3 is 5.97 Å². The molecule has 1 aromatic carbocycles. The number of imidazole rings is 1. The van der Waals surface area contributed by atoms with Gasteiger partial charge < -0.3 is 9.64 Å². The van der Waals surface area contributed by atoms with Crippen molar-refractivity contribution in [2.45, 2.75) is 53.7 Å². The number of carbonyl (C=O) groups excluding carboxylic acids is 2. The molecule has 0 aliphatic carbocycles. The molecule has 8 heteroatoms. The van der Waals surface area contributed by atoms with Crippen molar-refractivity contribution in [1.82, 2.24) is 14.3 Å². The molecule has 0 saturated carbocycles. The molecule has 2 aromatic heterocycles. The maximum Gasteiger partial charge on any atom is 0.357 e. The Labute approximate surface area is 193 Å². The molecule has 0 radical (unpaired) electrons. The van der Waals surface area contributed by atoms with Crippen molar-refractivity contribution in [2.75, 3.05) is 7.05 Å². The quantitative estimate of drug-likeness (QED) is 0.468. The second kappa shape index (κ2) is 10.1. The number of rotatable bonds is 4. The molecule has 1 amide bonds. The minimum atomic E-state index is -0.655. The Bertz CT molecular complexity index is 1140. The van der Waals surface area contributed by atoms with Gasteiger partial charge in [-0.2, -0.15) is 0 Å². The van der Waals surface area contributed by atoms with Crippen LogP contribution < -0.4 is 0 Å². The zero-order valence-corrected chi connectivity index (χ0v) is 20.2. The molecule has 172 valence electrons. The second-order valence-corrected chi connectivity index (χ2v) is 8.48. The van der Waals surface area contributed by atoms with Crippen molar-refractivity contribution >= 4 is 29.1 Å². The molecule has 32 heavy (non-hydrogen) atoms. The van der Waals surface area contributed by atoms with Crippen LogP contribution in [0.3, 0.4) is 0 Å². The van der Waals surface area contributed by atoms with Crippen molar-refractivity contribution in [3.63, 3.8) is 0 Å². The summed E-state index contributed by atoms with van der Waals surface area (Å²) in [6, 6.07) is 7.66. The lowest BCUT2D eigenvalue weighted by Gasteiger charge is -2.20. The smallest absolute Gasteiger partial charge is 0.357 e. The molecule has 0 bridgehead atoms. The average Bonchev–Trinajstić information content (AvgIpc) is 3.06. The summed E-state index contributed by atoms with van der Waals surface area (Å²) >= 11 is 5.83. The molecule has 0 spiro atoms. The fraction of sp³-hybridized carbons (Fsp3) is 0.375. The van der Waals surface area contributed by atoms with Crippen LogP contribution in [-0.4, -0.2) is 38.8 Å². The van der Waals surface area contributed by atoms with Crippen LogP contribution in [0.4, 0.5) is 4.39 Å². The van der Waals surface area contributed by atoms with Crippen LogP contribution in [0, 0.1) is 12.7 Å². The summed E-state index contributed by atoms with van der Waals surface area (Å²) in [5.41, 5.74) is 1.49. The van der Waals surface area contributed by atoms with Crippen LogP contribution in [0.5, 0.6) is 0 Å². The van der Waals surface area contributed by atoms with Crippen molar-refractivity contribution in [3.8, 4) is 0 Å². The van der Waals surface area contributed by atoms with Crippen LogP contribution in [0.2, 0.25) is 5.02 Å². The Morgan fingerprint density at radius 1 is 1.22 bits per heavy atom. The summed E-state index contributed by atoms with van der Waals surface area (Å²) in [6.07, 6.45) is 1.67. The van der Waals surface area contributed by atoms with Gasteiger partial charge in [-0.15, -0.1) is 0 Å². The lowest BCUT2D eigenvalue weighted by molar-refractivity contribution is 0.00606. The van der Waals surface area contributed by atoms with Gasteiger partial charge in [0.2, 0.25) is 0 Å². The number of amides is 1. The molecule has 0 aliphatic rings. The molecule has 6 nitrogen and oxygen atoms in total. The number of ether oxygens (including phenoxy) is 1. The summed E-state index contributed by atoms with van der Waals surface area (Å²) in [4.78, 5) is 31.7. The Kier molecular flexibility index (Phi) is 8.02. The molecule has 0 atom stereocenters. The molecule has 0 unspecified atom stereocenters. The summed E-state index contributed by atoms with van der Waals surface area (Å²) in [5, 5.41) is 0.00124. The van der Waals surface area contributed by atoms with E-state index in [1.807, 2.05) is 13.8 Å². The molecule has 0 aliphatic heterocycles. The summed E-state index contributed by atoms with van der Waals surface area (Å²) in [5.74, 6) is -1.31. The van der Waals surface area contributed by atoms with Gasteiger partial charge in [0, 0.05) is 19.8 Å². The number of hydrogen-bond donors (Lipinski definition) is 0. The highest BCUT2D eigenvalue weighted by Crippen LogP contribution is 2.22. The van der Waals surface area contributed by atoms with Crippen LogP contribution in [0.1, 0.15) is 66.7 Å². The van der Waals surface area contributed by atoms with Gasteiger partial charge in [0.05, 0.1) is 16.3 Å². The highest BCUT2D eigenvalue weighted by atomic mass is 35.5. The fourth-order valence-electron chi connectivity index (χ4n) is 3.11. The van der Waals surface area contributed by atoms with E-state index in [0.29, 0.717) is 22.5 Å². The van der Waals surface area contributed by atoms with E-state index in [9.17, 15) is 14.0 Å². The number of carbonyl (C=O) groups is 2. The van der Waals surface area contributed by atoms with Crippen molar-refractivity contribution in [1.29, 1.82) is 0 Å². The number of esters is 1. The molecular weight excluding hydrogens is 433 g/mol. The van der Waals surface area contributed by atoms with Crippen LogP contribution in [0.15, 0.2) is 36.5 Å². The zero-order chi connectivity index (χ0) is 24.2. The van der Waals surface area contributed by atoms with E-state index in [2.05, 4.69) is 4.98 Å². The first kappa shape index (κ1) is 25.3. The highest BCUT2D eigenvalue weighted by molar-refractivity contribution is 6.30. The van der Waals surface area contributed by atoms with E-state index in [0.717, 1.165) is 0 Å². The van der Waals surface area contributed by atoms with Crippen molar-refractivity contribution in [3.05, 3.63) is 69.9 Å². The Balaban J connectivity index is 0.00000176. The third-order valence-electron chi connectivity index (χ3n) is 4.40. The zero-order valence-electron chi connectivity index (χ0n) is 19.5. The lowest BCUT2D eigenvalue weighted by Crippen LogP contribution is -2.27. The maximum absolute atomic E-state index is 13.4. The minimum absolute atomic E-state index is 0.00124. The summed E-state index contributed by atoms with van der Waals surface area (Å²) < 4.78 is 20.4. The fourth-order valence-corrected chi connectivity index (χ4v) is 3.31. The monoisotopic (exact) mass is 461 g/mol. The van der Waals surface area contributed by atoms with Crippen LogP contribution in [-0.2, 0) is 11.3 Å². The normalized spacial score (nSPS) is 11.0. The number of aromatic nitrogens is 2. The number of halogens is 2.